The molecule has 2 aromatic heterocycles. The van der Waals surface area contributed by atoms with Gasteiger partial charge in [-0.2, -0.15) is 0 Å². The molecule has 3 heterocycles. The minimum atomic E-state index is -4.24. The fraction of sp³-hybridized carbons (Fsp3) is 0.542. The summed E-state index contributed by atoms with van der Waals surface area (Å²) in [5.41, 5.74) is 6.90. The number of fused-ring (bicyclic) bond motifs is 1. The second-order valence-corrected chi connectivity index (χ2v) is 22.2. The van der Waals surface area contributed by atoms with Crippen LogP contribution in [0.25, 0.3) is 11.0 Å². The van der Waals surface area contributed by atoms with Crippen molar-refractivity contribution < 1.29 is 22.9 Å². The summed E-state index contributed by atoms with van der Waals surface area (Å²) in [4.78, 5) is 37.9. The molecular formula is C48H59N5O6S. The summed E-state index contributed by atoms with van der Waals surface area (Å²) in [7, 11) is -4.24. The van der Waals surface area contributed by atoms with Crippen molar-refractivity contribution in [2.45, 2.75) is 103 Å². The minimum absolute atomic E-state index is 0.120. The molecule has 2 aromatic carbocycles. The first kappa shape index (κ1) is 40.8. The maximum Gasteiger partial charge on any atom is 0.273 e. The molecule has 2 bridgehead atoms. The van der Waals surface area contributed by atoms with E-state index in [0.717, 1.165) is 75.5 Å². The second-order valence-electron chi connectivity index (χ2n) is 20.2. The van der Waals surface area contributed by atoms with E-state index in [2.05, 4.69) is 47.5 Å². The number of Topliss-reactive ketones (excluding diaryl/α,β-unsaturated/α-hetero) is 1. The first-order chi connectivity index (χ1) is 28.6. The van der Waals surface area contributed by atoms with Crippen LogP contribution in [-0.2, 0) is 16.3 Å². The van der Waals surface area contributed by atoms with E-state index in [1.807, 2.05) is 24.3 Å². The Labute approximate surface area is 354 Å². The van der Waals surface area contributed by atoms with Gasteiger partial charge < -0.3 is 14.6 Å². The number of H-pyrrole nitrogens is 1. The molecule has 1 aliphatic heterocycles. The Morgan fingerprint density at radius 3 is 2.45 bits per heavy atom. The Balaban J connectivity index is 0.928. The highest BCUT2D eigenvalue weighted by atomic mass is 32.2. The van der Waals surface area contributed by atoms with E-state index < -0.39 is 26.3 Å². The number of sulfone groups is 1. The van der Waals surface area contributed by atoms with Gasteiger partial charge in [-0.05, 0) is 116 Å². The van der Waals surface area contributed by atoms with Gasteiger partial charge in [0.15, 0.2) is 15.6 Å². The van der Waals surface area contributed by atoms with Crippen LogP contribution in [0.5, 0.6) is 11.5 Å². The summed E-state index contributed by atoms with van der Waals surface area (Å²) in [6.45, 7) is 14.0. The summed E-state index contributed by atoms with van der Waals surface area (Å²) in [5, 5.41) is 13.0. The zero-order valence-electron chi connectivity index (χ0n) is 35.6. The molecule has 0 amide bonds. The number of nitro benzene ring substituents is 1. The van der Waals surface area contributed by atoms with E-state index in [9.17, 15) is 23.3 Å². The van der Waals surface area contributed by atoms with Crippen LogP contribution in [0.4, 0.5) is 11.4 Å². The number of benzene rings is 2. The number of hydrogen-bond donors (Lipinski definition) is 1. The Morgan fingerprint density at radius 2 is 1.73 bits per heavy atom. The molecule has 1 N–H and O–H groups in total. The van der Waals surface area contributed by atoms with Crippen molar-refractivity contribution in [1.82, 2.24) is 14.9 Å². The molecule has 6 aliphatic rings. The monoisotopic (exact) mass is 833 g/mol. The lowest BCUT2D eigenvalue weighted by Crippen LogP contribution is -2.61. The van der Waals surface area contributed by atoms with Gasteiger partial charge in [0.05, 0.1) is 21.6 Å². The number of piperazine rings is 1. The third-order valence-electron chi connectivity index (χ3n) is 14.7. The van der Waals surface area contributed by atoms with Gasteiger partial charge in [-0.1, -0.05) is 57.7 Å². The fourth-order valence-electron chi connectivity index (χ4n) is 11.5. The molecule has 10 rings (SSSR count). The summed E-state index contributed by atoms with van der Waals surface area (Å²) < 4.78 is 34.1. The van der Waals surface area contributed by atoms with Crippen LogP contribution in [0.2, 0.25) is 0 Å². The van der Waals surface area contributed by atoms with Crippen molar-refractivity contribution >= 4 is 38.0 Å². The van der Waals surface area contributed by atoms with Gasteiger partial charge in [-0.15, -0.1) is 0 Å². The normalized spacial score (nSPS) is 26.7. The van der Waals surface area contributed by atoms with E-state index in [0.29, 0.717) is 51.5 Å². The number of carbonyl (C=O) groups excluding carboxylic acids is 1. The highest BCUT2D eigenvalue weighted by Gasteiger charge is 2.66. The largest absolute Gasteiger partial charge is 0.455 e. The Bertz CT molecular complexity index is 2450. The SMILES string of the molecule is CC1CCC(Cc2ccc(S(=O)(=O)CC(=O)c3ccc(N4CCN(CC5=C(C67CC(C)(C6)C7)CC(C)(C)CC5)CC4)cc3Oc3cnc4[nH]ccc4c3)cc2[N+](=O)[O-])CC1. The molecule has 0 spiro atoms. The zero-order valence-corrected chi connectivity index (χ0v) is 36.4. The molecule has 60 heavy (non-hydrogen) atoms. The minimum Gasteiger partial charge on any atom is -0.455 e. The fourth-order valence-corrected chi connectivity index (χ4v) is 12.7. The van der Waals surface area contributed by atoms with Crippen molar-refractivity contribution in [3.8, 4) is 11.5 Å². The molecule has 4 saturated carbocycles. The van der Waals surface area contributed by atoms with Gasteiger partial charge >= 0.3 is 0 Å². The van der Waals surface area contributed by atoms with Crippen LogP contribution in [0.1, 0.15) is 108 Å². The Hall–Kier alpha value is -4.55. The van der Waals surface area contributed by atoms with Gasteiger partial charge in [0, 0.05) is 67.7 Å². The maximum absolute atomic E-state index is 14.1. The topological polar surface area (TPSA) is 139 Å². The third kappa shape index (κ3) is 8.13. The van der Waals surface area contributed by atoms with Crippen molar-refractivity contribution in [3.63, 3.8) is 0 Å². The number of rotatable bonds is 13. The highest BCUT2D eigenvalue weighted by Crippen LogP contribution is 2.77. The molecule has 5 fully saturated rings. The number of nitrogens with one attached hydrogen (secondary N) is 1. The average Bonchev–Trinajstić information content (AvgIpc) is 3.66. The lowest BCUT2D eigenvalue weighted by atomic mass is 9.33. The second kappa shape index (κ2) is 15.4. The molecule has 0 unspecified atom stereocenters. The smallest absolute Gasteiger partial charge is 0.273 e. The molecule has 318 valence electrons. The summed E-state index contributed by atoms with van der Waals surface area (Å²) in [5.74, 6) is 0.119. The van der Waals surface area contributed by atoms with E-state index in [-0.39, 0.29) is 21.9 Å². The number of aromatic amines is 1. The van der Waals surface area contributed by atoms with Gasteiger partial charge in [0.25, 0.3) is 5.69 Å². The molecule has 4 aromatic rings. The molecule has 0 radical (unpaired) electrons. The standard InChI is InChI=1S/C48H59N5O6S/c1-32-5-7-33(8-6-32)21-34-9-11-39(24-42(34)53(55)56)60(57,58)28-43(54)40-12-10-37(23-44(40)59-38-22-35-14-16-49-45(35)50-26-38)52-19-17-51(18-20-52)27-36-13-15-46(2,3)25-41(36)48-29-47(4,30-48)31-48/h9-12,14,16,22-24,26,32-33H,5-8,13,15,17-21,25,27-31H2,1-4H3,(H,49,50). The number of nitrogens with zero attached hydrogens (tertiary/aromatic N) is 4. The van der Waals surface area contributed by atoms with E-state index in [1.165, 1.54) is 44.6 Å². The number of nitro groups is 1. The van der Waals surface area contributed by atoms with E-state index >= 15 is 0 Å². The van der Waals surface area contributed by atoms with Crippen molar-refractivity contribution in [3.05, 3.63) is 93.3 Å². The number of ketones is 1. The number of anilines is 1. The van der Waals surface area contributed by atoms with Gasteiger partial charge in [0.1, 0.15) is 22.9 Å². The number of allylic oxidation sites excluding steroid dienone is 1. The molecular weight excluding hydrogens is 775 g/mol. The Kier molecular flexibility index (Phi) is 10.5. The van der Waals surface area contributed by atoms with Gasteiger partial charge in [0.2, 0.25) is 0 Å². The van der Waals surface area contributed by atoms with Crippen molar-refractivity contribution in [2.75, 3.05) is 43.4 Å². The van der Waals surface area contributed by atoms with Crippen LogP contribution in [0.3, 0.4) is 0 Å². The predicted molar refractivity (Wildman–Crippen MR) is 235 cm³/mol. The number of aromatic nitrogens is 2. The van der Waals surface area contributed by atoms with Gasteiger partial charge in [-0.25, -0.2) is 13.4 Å². The van der Waals surface area contributed by atoms with Crippen LogP contribution in [-0.4, -0.2) is 72.5 Å². The van der Waals surface area contributed by atoms with Crippen LogP contribution >= 0.6 is 0 Å². The lowest BCUT2D eigenvalue weighted by Gasteiger charge is -2.72. The Morgan fingerprint density at radius 1 is 0.983 bits per heavy atom. The molecule has 12 heteroatoms. The molecule has 11 nitrogen and oxygen atoms in total. The summed E-state index contributed by atoms with van der Waals surface area (Å²) in [6.07, 6.45) is 15.8. The number of ether oxygens (including phenoxy) is 1. The maximum atomic E-state index is 14.1. The highest BCUT2D eigenvalue weighted by molar-refractivity contribution is 7.92. The zero-order chi connectivity index (χ0) is 42.0. The average molecular weight is 834 g/mol. The first-order valence-corrected chi connectivity index (χ1v) is 23.7. The first-order valence-electron chi connectivity index (χ1n) is 22.0. The van der Waals surface area contributed by atoms with Gasteiger partial charge in [-0.3, -0.25) is 19.8 Å². The van der Waals surface area contributed by atoms with Crippen molar-refractivity contribution in [1.29, 1.82) is 0 Å². The number of carbonyl (C=O) groups is 1. The van der Waals surface area contributed by atoms with Crippen LogP contribution < -0.4 is 9.64 Å². The van der Waals surface area contributed by atoms with Crippen molar-refractivity contribution in [2.24, 2.45) is 28.1 Å². The molecule has 5 aliphatic carbocycles. The summed E-state index contributed by atoms with van der Waals surface area (Å²) in [6, 6.07) is 13.2. The molecule has 1 saturated heterocycles. The third-order valence-corrected chi connectivity index (χ3v) is 16.3. The summed E-state index contributed by atoms with van der Waals surface area (Å²) >= 11 is 0. The lowest BCUT2D eigenvalue weighted by molar-refractivity contribution is -0.385. The van der Waals surface area contributed by atoms with E-state index in [1.54, 1.807) is 35.7 Å². The molecule has 0 atom stereocenters. The number of hydrogen-bond acceptors (Lipinski definition) is 9. The number of pyridine rings is 1. The van der Waals surface area contributed by atoms with Crippen LogP contribution in [0, 0.1) is 38.2 Å². The van der Waals surface area contributed by atoms with Crippen LogP contribution in [0.15, 0.2) is 77.0 Å². The predicted octanol–water partition coefficient (Wildman–Crippen LogP) is 10.1. The van der Waals surface area contributed by atoms with E-state index in [4.69, 9.17) is 4.74 Å². The quantitative estimate of drug-likeness (QED) is 0.0604.